The monoisotopic (exact) mass is 272 g/mol. The fourth-order valence-electron chi connectivity index (χ4n) is 1.52. The van der Waals surface area contributed by atoms with Gasteiger partial charge in [-0.1, -0.05) is 17.3 Å². The van der Waals surface area contributed by atoms with Gasteiger partial charge in [0.1, 0.15) is 0 Å². The molecule has 1 aromatic heterocycles. The highest BCUT2D eigenvalue weighted by Crippen LogP contribution is 2.12. The Morgan fingerprint density at radius 1 is 1.30 bits per heavy atom. The highest BCUT2D eigenvalue weighted by atomic mass is 16.5. The number of amides is 1. The van der Waals surface area contributed by atoms with Crippen LogP contribution in [-0.2, 0) is 4.79 Å². The first kappa shape index (κ1) is 13.5. The van der Waals surface area contributed by atoms with Gasteiger partial charge in [0.05, 0.1) is 5.69 Å². The van der Waals surface area contributed by atoms with Gasteiger partial charge in [-0.05, 0) is 30.7 Å². The quantitative estimate of drug-likeness (QED) is 0.833. The lowest BCUT2D eigenvalue weighted by Crippen LogP contribution is -2.11. The molecular weight excluding hydrogens is 260 g/mol. The van der Waals surface area contributed by atoms with Gasteiger partial charge in [0.25, 0.3) is 5.91 Å². The maximum absolute atomic E-state index is 11.9. The maximum atomic E-state index is 11.9. The van der Waals surface area contributed by atoms with Crippen LogP contribution in [0.25, 0.3) is 6.08 Å². The van der Waals surface area contributed by atoms with Gasteiger partial charge in [-0.2, -0.15) is 0 Å². The Morgan fingerprint density at radius 3 is 2.55 bits per heavy atom. The van der Waals surface area contributed by atoms with Gasteiger partial charge >= 0.3 is 5.97 Å². The van der Waals surface area contributed by atoms with E-state index >= 15 is 0 Å². The molecule has 2 N–H and O–H groups in total. The third-order valence-corrected chi connectivity index (χ3v) is 2.46. The molecule has 102 valence electrons. The van der Waals surface area contributed by atoms with Crippen LogP contribution >= 0.6 is 0 Å². The van der Waals surface area contributed by atoms with Crippen LogP contribution in [0.2, 0.25) is 0 Å². The van der Waals surface area contributed by atoms with Crippen molar-refractivity contribution in [1.82, 2.24) is 5.16 Å². The number of carboxylic acid groups (broad SMARTS) is 1. The Balaban J connectivity index is 2.05. The minimum Gasteiger partial charge on any atom is -0.478 e. The van der Waals surface area contributed by atoms with Crippen LogP contribution in [0.3, 0.4) is 0 Å². The molecule has 0 aliphatic rings. The average Bonchev–Trinajstić information content (AvgIpc) is 2.82. The van der Waals surface area contributed by atoms with Crippen molar-refractivity contribution in [2.75, 3.05) is 5.32 Å². The van der Waals surface area contributed by atoms with E-state index in [4.69, 9.17) is 9.63 Å². The summed E-state index contributed by atoms with van der Waals surface area (Å²) in [4.78, 5) is 22.3. The highest BCUT2D eigenvalue weighted by molar-refractivity contribution is 6.03. The van der Waals surface area contributed by atoms with Crippen molar-refractivity contribution < 1.29 is 19.2 Å². The summed E-state index contributed by atoms with van der Waals surface area (Å²) in [7, 11) is 0. The number of aryl methyl sites for hydroxylation is 1. The number of nitrogens with one attached hydrogen (secondary N) is 1. The number of nitrogens with zero attached hydrogens (tertiary/aromatic N) is 1. The molecule has 0 aliphatic carbocycles. The van der Waals surface area contributed by atoms with Crippen molar-refractivity contribution in [1.29, 1.82) is 0 Å². The van der Waals surface area contributed by atoms with E-state index in [2.05, 4.69) is 10.5 Å². The van der Waals surface area contributed by atoms with Gasteiger partial charge in [-0.3, -0.25) is 10.1 Å². The summed E-state index contributed by atoms with van der Waals surface area (Å²) in [5.41, 5.74) is 1.81. The second kappa shape index (κ2) is 5.83. The fourth-order valence-corrected chi connectivity index (χ4v) is 1.52. The molecule has 0 spiro atoms. The number of rotatable bonds is 4. The summed E-state index contributed by atoms with van der Waals surface area (Å²) in [5.74, 6) is -1.07. The van der Waals surface area contributed by atoms with Crippen LogP contribution in [0.4, 0.5) is 5.88 Å². The number of carbonyl (C=O) groups is 2. The molecule has 20 heavy (non-hydrogen) atoms. The average molecular weight is 272 g/mol. The molecule has 2 aromatic rings. The van der Waals surface area contributed by atoms with E-state index in [9.17, 15) is 9.59 Å². The number of aromatic nitrogens is 1. The Kier molecular flexibility index (Phi) is 3.95. The Bertz CT molecular complexity index is 656. The van der Waals surface area contributed by atoms with Gasteiger partial charge in [0.15, 0.2) is 0 Å². The SMILES string of the molecule is Cc1cc(NC(=O)c2ccc(C=CC(=O)O)cc2)on1. The summed E-state index contributed by atoms with van der Waals surface area (Å²) < 4.78 is 4.89. The van der Waals surface area contributed by atoms with Gasteiger partial charge in [-0.25, -0.2) is 4.79 Å². The second-order valence-electron chi connectivity index (χ2n) is 4.08. The molecule has 0 fully saturated rings. The maximum Gasteiger partial charge on any atom is 0.328 e. The van der Waals surface area contributed by atoms with Crippen molar-refractivity contribution >= 4 is 23.8 Å². The predicted molar refractivity (Wildman–Crippen MR) is 72.3 cm³/mol. The van der Waals surface area contributed by atoms with Crippen molar-refractivity contribution in [2.45, 2.75) is 6.92 Å². The van der Waals surface area contributed by atoms with Gasteiger partial charge in [-0.15, -0.1) is 0 Å². The number of anilines is 1. The van der Waals surface area contributed by atoms with Crippen LogP contribution in [0.5, 0.6) is 0 Å². The zero-order chi connectivity index (χ0) is 14.5. The zero-order valence-corrected chi connectivity index (χ0v) is 10.7. The molecule has 6 nitrogen and oxygen atoms in total. The van der Waals surface area contributed by atoms with E-state index in [0.717, 1.165) is 6.08 Å². The van der Waals surface area contributed by atoms with E-state index in [1.54, 1.807) is 37.3 Å². The van der Waals surface area contributed by atoms with Crippen molar-refractivity contribution in [3.8, 4) is 0 Å². The lowest BCUT2D eigenvalue weighted by atomic mass is 10.1. The van der Waals surface area contributed by atoms with Gasteiger partial charge in [0, 0.05) is 17.7 Å². The summed E-state index contributed by atoms with van der Waals surface area (Å²) in [6.45, 7) is 1.75. The standard InChI is InChI=1S/C14H12N2O4/c1-9-8-12(20-16-9)15-14(19)11-5-2-10(3-6-11)4-7-13(17)18/h2-8H,1H3,(H,15,19)(H,17,18). The van der Waals surface area contributed by atoms with Crippen LogP contribution < -0.4 is 5.32 Å². The number of hydrogen-bond acceptors (Lipinski definition) is 4. The minimum atomic E-state index is -1.02. The molecule has 1 aromatic carbocycles. The molecule has 2 rings (SSSR count). The largest absolute Gasteiger partial charge is 0.478 e. The molecule has 0 unspecified atom stereocenters. The Morgan fingerprint density at radius 2 is 2.00 bits per heavy atom. The topological polar surface area (TPSA) is 92.4 Å². The van der Waals surface area contributed by atoms with Crippen LogP contribution in [0.15, 0.2) is 40.9 Å². The zero-order valence-electron chi connectivity index (χ0n) is 10.7. The van der Waals surface area contributed by atoms with E-state index in [-0.39, 0.29) is 11.8 Å². The van der Waals surface area contributed by atoms with Gasteiger partial charge < -0.3 is 9.63 Å². The van der Waals surface area contributed by atoms with E-state index in [1.807, 2.05) is 0 Å². The molecular formula is C14H12N2O4. The first-order chi connectivity index (χ1) is 9.54. The van der Waals surface area contributed by atoms with Crippen LogP contribution in [0, 0.1) is 6.92 Å². The number of aliphatic carboxylic acids is 1. The number of carboxylic acids is 1. The van der Waals surface area contributed by atoms with E-state index in [0.29, 0.717) is 16.8 Å². The molecule has 0 radical (unpaired) electrons. The summed E-state index contributed by atoms with van der Waals surface area (Å²) in [6.07, 6.45) is 2.48. The molecule has 0 saturated heterocycles. The lowest BCUT2D eigenvalue weighted by Gasteiger charge is -2.01. The summed E-state index contributed by atoms with van der Waals surface area (Å²) in [5, 5.41) is 14.7. The first-order valence-electron chi connectivity index (χ1n) is 5.80. The minimum absolute atomic E-state index is 0.280. The van der Waals surface area contributed by atoms with Crippen LogP contribution in [-0.4, -0.2) is 22.1 Å². The summed E-state index contributed by atoms with van der Waals surface area (Å²) in [6, 6.07) is 8.11. The normalized spacial score (nSPS) is 10.7. The molecule has 1 amide bonds. The molecule has 0 aliphatic heterocycles. The predicted octanol–water partition coefficient (Wildman–Crippen LogP) is 2.33. The molecule has 1 heterocycles. The fraction of sp³-hybridized carbons (Fsp3) is 0.0714. The summed E-state index contributed by atoms with van der Waals surface area (Å²) >= 11 is 0. The smallest absolute Gasteiger partial charge is 0.328 e. The molecule has 0 atom stereocenters. The van der Waals surface area contributed by atoms with Crippen molar-refractivity contribution in [2.24, 2.45) is 0 Å². The van der Waals surface area contributed by atoms with Crippen molar-refractivity contribution in [3.05, 3.63) is 53.2 Å². The third-order valence-electron chi connectivity index (χ3n) is 2.46. The number of carbonyl (C=O) groups excluding carboxylic acids is 1. The highest BCUT2D eigenvalue weighted by Gasteiger charge is 2.08. The second-order valence-corrected chi connectivity index (χ2v) is 4.08. The lowest BCUT2D eigenvalue weighted by molar-refractivity contribution is -0.131. The van der Waals surface area contributed by atoms with Crippen LogP contribution in [0.1, 0.15) is 21.6 Å². The van der Waals surface area contributed by atoms with E-state index in [1.165, 1.54) is 6.08 Å². The van der Waals surface area contributed by atoms with Gasteiger partial charge in [0.2, 0.25) is 5.88 Å². The third kappa shape index (κ3) is 3.55. The first-order valence-corrected chi connectivity index (χ1v) is 5.80. The number of hydrogen-bond donors (Lipinski definition) is 2. The number of benzene rings is 1. The Labute approximate surface area is 114 Å². The Hall–Kier alpha value is -2.89. The van der Waals surface area contributed by atoms with E-state index < -0.39 is 5.97 Å². The van der Waals surface area contributed by atoms with Crippen molar-refractivity contribution in [3.63, 3.8) is 0 Å². The molecule has 0 bridgehead atoms. The molecule has 0 saturated carbocycles. The molecule has 6 heteroatoms.